The van der Waals surface area contributed by atoms with Crippen LogP contribution in [0.1, 0.15) is 13.8 Å². The molecule has 4 nitrogen and oxygen atoms in total. The van der Waals surface area contributed by atoms with Gasteiger partial charge in [0.05, 0.1) is 12.3 Å². The van der Waals surface area contributed by atoms with E-state index in [0.29, 0.717) is 11.7 Å². The fourth-order valence-electron chi connectivity index (χ4n) is 1.11. The minimum Gasteiger partial charge on any atom is -0.474 e. The van der Waals surface area contributed by atoms with E-state index in [1.165, 1.54) is 0 Å². The third kappa shape index (κ3) is 1.61. The SMILES string of the molecule is CC(C)Oc1cn2cccnc2n1. The first kappa shape index (κ1) is 8.04. The van der Waals surface area contributed by atoms with Crippen molar-refractivity contribution in [2.45, 2.75) is 20.0 Å². The molecule has 0 unspecified atom stereocenters. The quantitative estimate of drug-likeness (QED) is 0.698. The van der Waals surface area contributed by atoms with E-state index in [2.05, 4.69) is 9.97 Å². The summed E-state index contributed by atoms with van der Waals surface area (Å²) in [6.07, 6.45) is 5.57. The van der Waals surface area contributed by atoms with Crippen LogP contribution >= 0.6 is 0 Å². The molecule has 0 aliphatic rings. The number of ether oxygens (including phenoxy) is 1. The van der Waals surface area contributed by atoms with Crippen LogP contribution < -0.4 is 4.74 Å². The molecule has 2 rings (SSSR count). The van der Waals surface area contributed by atoms with Gasteiger partial charge in [0.15, 0.2) is 0 Å². The van der Waals surface area contributed by atoms with Crippen LogP contribution in [-0.4, -0.2) is 20.5 Å². The van der Waals surface area contributed by atoms with Crippen LogP contribution in [0, 0.1) is 0 Å². The summed E-state index contributed by atoms with van der Waals surface area (Å²) < 4.78 is 7.26. The minimum atomic E-state index is 0.143. The molecule has 0 aliphatic heterocycles. The predicted octanol–water partition coefficient (Wildman–Crippen LogP) is 1.52. The van der Waals surface area contributed by atoms with E-state index >= 15 is 0 Å². The maximum Gasteiger partial charge on any atom is 0.237 e. The van der Waals surface area contributed by atoms with E-state index in [-0.39, 0.29) is 6.10 Å². The summed E-state index contributed by atoms with van der Waals surface area (Å²) in [4.78, 5) is 8.26. The second-order valence-corrected chi connectivity index (χ2v) is 3.07. The van der Waals surface area contributed by atoms with Gasteiger partial charge in [-0.15, -0.1) is 0 Å². The summed E-state index contributed by atoms with van der Waals surface area (Å²) in [5.74, 6) is 1.28. The number of rotatable bonds is 2. The van der Waals surface area contributed by atoms with E-state index in [4.69, 9.17) is 4.74 Å². The van der Waals surface area contributed by atoms with Crippen molar-refractivity contribution in [1.29, 1.82) is 0 Å². The van der Waals surface area contributed by atoms with E-state index in [9.17, 15) is 0 Å². The van der Waals surface area contributed by atoms with Gasteiger partial charge in [-0.05, 0) is 19.9 Å². The third-order valence-electron chi connectivity index (χ3n) is 1.57. The van der Waals surface area contributed by atoms with Crippen LogP contribution in [0.2, 0.25) is 0 Å². The van der Waals surface area contributed by atoms with Gasteiger partial charge in [0, 0.05) is 12.4 Å². The summed E-state index contributed by atoms with van der Waals surface area (Å²) in [6.45, 7) is 3.94. The molecule has 0 saturated carbocycles. The summed E-state index contributed by atoms with van der Waals surface area (Å²) >= 11 is 0. The molecule has 0 radical (unpaired) electrons. The van der Waals surface area contributed by atoms with Gasteiger partial charge >= 0.3 is 0 Å². The predicted molar refractivity (Wildman–Crippen MR) is 48.8 cm³/mol. The lowest BCUT2D eigenvalue weighted by Crippen LogP contribution is -2.05. The molecule has 0 aromatic carbocycles. The van der Waals surface area contributed by atoms with Crippen molar-refractivity contribution in [2.24, 2.45) is 0 Å². The van der Waals surface area contributed by atoms with Gasteiger partial charge in [-0.3, -0.25) is 4.40 Å². The normalized spacial score (nSPS) is 11.0. The van der Waals surface area contributed by atoms with Gasteiger partial charge in [0.25, 0.3) is 0 Å². The molecule has 0 bridgehead atoms. The van der Waals surface area contributed by atoms with E-state index in [1.807, 2.05) is 36.7 Å². The maximum absolute atomic E-state index is 5.43. The number of nitrogens with zero attached hydrogens (tertiary/aromatic N) is 3. The summed E-state index contributed by atoms with van der Waals surface area (Å²) in [5.41, 5.74) is 0. The minimum absolute atomic E-state index is 0.143. The second kappa shape index (κ2) is 3.05. The molecule has 4 heteroatoms. The Morgan fingerprint density at radius 3 is 3.00 bits per heavy atom. The number of fused-ring (bicyclic) bond motifs is 1. The zero-order valence-electron chi connectivity index (χ0n) is 7.64. The Hall–Kier alpha value is -1.58. The van der Waals surface area contributed by atoms with E-state index < -0.39 is 0 Å². The maximum atomic E-state index is 5.43. The molecule has 68 valence electrons. The highest BCUT2D eigenvalue weighted by Crippen LogP contribution is 2.10. The molecular weight excluding hydrogens is 166 g/mol. The molecule has 0 atom stereocenters. The molecule has 2 heterocycles. The van der Waals surface area contributed by atoms with Gasteiger partial charge in [-0.1, -0.05) is 0 Å². The number of aromatic nitrogens is 3. The average molecular weight is 177 g/mol. The molecule has 13 heavy (non-hydrogen) atoms. The van der Waals surface area contributed by atoms with Gasteiger partial charge in [0.2, 0.25) is 11.7 Å². The molecule has 0 spiro atoms. The fraction of sp³-hybridized carbons (Fsp3) is 0.333. The molecule has 0 saturated heterocycles. The summed E-state index contributed by atoms with van der Waals surface area (Å²) in [5, 5.41) is 0. The fourth-order valence-corrected chi connectivity index (χ4v) is 1.11. The van der Waals surface area contributed by atoms with Crippen molar-refractivity contribution in [1.82, 2.24) is 14.4 Å². The van der Waals surface area contributed by atoms with Gasteiger partial charge < -0.3 is 4.74 Å². The zero-order chi connectivity index (χ0) is 9.26. The Morgan fingerprint density at radius 1 is 1.46 bits per heavy atom. The monoisotopic (exact) mass is 177 g/mol. The molecule has 2 aromatic heterocycles. The first-order chi connectivity index (χ1) is 6.25. The highest BCUT2D eigenvalue weighted by atomic mass is 16.5. The lowest BCUT2D eigenvalue weighted by Gasteiger charge is -2.03. The van der Waals surface area contributed by atoms with Crippen LogP contribution in [0.5, 0.6) is 5.88 Å². The topological polar surface area (TPSA) is 39.4 Å². The van der Waals surface area contributed by atoms with Gasteiger partial charge in [-0.2, -0.15) is 4.98 Å². The van der Waals surface area contributed by atoms with Crippen molar-refractivity contribution in [3.05, 3.63) is 24.7 Å². The molecule has 0 N–H and O–H groups in total. The third-order valence-corrected chi connectivity index (χ3v) is 1.57. The number of hydrogen-bond donors (Lipinski definition) is 0. The largest absolute Gasteiger partial charge is 0.474 e. The molecule has 0 aliphatic carbocycles. The molecule has 0 fully saturated rings. The number of imidazole rings is 1. The highest BCUT2D eigenvalue weighted by Gasteiger charge is 2.03. The summed E-state index contributed by atoms with van der Waals surface area (Å²) in [7, 11) is 0. The Balaban J connectivity index is 2.38. The van der Waals surface area contributed by atoms with Gasteiger partial charge in [-0.25, -0.2) is 4.98 Å². The van der Waals surface area contributed by atoms with Crippen molar-refractivity contribution < 1.29 is 4.74 Å². The van der Waals surface area contributed by atoms with Crippen molar-refractivity contribution in [3.63, 3.8) is 0 Å². The highest BCUT2D eigenvalue weighted by molar-refractivity contribution is 5.32. The zero-order valence-corrected chi connectivity index (χ0v) is 7.64. The van der Waals surface area contributed by atoms with E-state index in [1.54, 1.807) is 6.20 Å². The van der Waals surface area contributed by atoms with Crippen LogP contribution in [0.4, 0.5) is 0 Å². The smallest absolute Gasteiger partial charge is 0.237 e. The van der Waals surface area contributed by atoms with Gasteiger partial charge in [0.1, 0.15) is 0 Å². The van der Waals surface area contributed by atoms with E-state index in [0.717, 1.165) is 0 Å². The molecular formula is C9H11N3O. The summed E-state index contributed by atoms with van der Waals surface area (Å²) in [6, 6.07) is 1.85. The van der Waals surface area contributed by atoms with Crippen LogP contribution in [0.3, 0.4) is 0 Å². The Bertz CT molecular complexity index is 375. The Labute approximate surface area is 76.2 Å². The van der Waals surface area contributed by atoms with Crippen molar-refractivity contribution in [2.75, 3.05) is 0 Å². The lowest BCUT2D eigenvalue weighted by atomic mass is 10.5. The molecule has 2 aromatic rings. The second-order valence-electron chi connectivity index (χ2n) is 3.07. The number of hydrogen-bond acceptors (Lipinski definition) is 3. The first-order valence-electron chi connectivity index (χ1n) is 4.22. The Morgan fingerprint density at radius 2 is 2.31 bits per heavy atom. The van der Waals surface area contributed by atoms with Crippen LogP contribution in [0.15, 0.2) is 24.7 Å². The van der Waals surface area contributed by atoms with Crippen LogP contribution in [0.25, 0.3) is 5.78 Å². The van der Waals surface area contributed by atoms with Crippen molar-refractivity contribution in [3.8, 4) is 5.88 Å². The lowest BCUT2D eigenvalue weighted by molar-refractivity contribution is 0.234. The first-order valence-corrected chi connectivity index (χ1v) is 4.22. The average Bonchev–Trinajstić information content (AvgIpc) is 2.44. The molecule has 0 amide bonds. The van der Waals surface area contributed by atoms with Crippen molar-refractivity contribution >= 4 is 5.78 Å². The Kier molecular flexibility index (Phi) is 1.88. The standard InChI is InChI=1S/C9H11N3O/c1-7(2)13-8-6-12-5-3-4-10-9(12)11-8/h3-7H,1-2H3. The van der Waals surface area contributed by atoms with Crippen LogP contribution in [-0.2, 0) is 0 Å².